The molecule has 94 valence electrons. The van der Waals surface area contributed by atoms with Crippen LogP contribution in [0.25, 0.3) is 11.1 Å². The fraction of sp³-hybridized carbons (Fsp3) is 0.429. The van der Waals surface area contributed by atoms with Gasteiger partial charge in [-0.25, -0.2) is 4.98 Å². The van der Waals surface area contributed by atoms with Crippen molar-refractivity contribution in [1.29, 1.82) is 0 Å². The summed E-state index contributed by atoms with van der Waals surface area (Å²) in [5, 5.41) is 9.55. The van der Waals surface area contributed by atoms with Gasteiger partial charge in [-0.05, 0) is 30.5 Å². The molecule has 0 radical (unpaired) electrons. The monoisotopic (exact) mass is 245 g/mol. The number of benzene rings is 1. The lowest BCUT2D eigenvalue weighted by Gasteiger charge is -2.24. The minimum absolute atomic E-state index is 0.609. The van der Waals surface area contributed by atoms with Crippen LogP contribution in [-0.4, -0.2) is 16.1 Å². The predicted octanol–water partition coefficient (Wildman–Crippen LogP) is 3.03. The molecule has 0 saturated heterocycles. The highest BCUT2D eigenvalue weighted by atomic mass is 16.4. The fourth-order valence-corrected chi connectivity index (χ4v) is 2.94. The van der Waals surface area contributed by atoms with Crippen LogP contribution < -0.4 is 0 Å². The second-order valence-electron chi connectivity index (χ2n) is 5.01. The van der Waals surface area contributed by atoms with Gasteiger partial charge in [0, 0.05) is 6.92 Å². The largest absolute Gasteiger partial charge is 0.481 e. The molecule has 1 aliphatic rings. The summed E-state index contributed by atoms with van der Waals surface area (Å²) in [7, 11) is 0. The Hall–Kier alpha value is -1.84. The molecule has 0 aliphatic heterocycles. The molecule has 3 rings (SSSR count). The first-order valence-corrected chi connectivity index (χ1v) is 6.23. The molecule has 1 aliphatic carbocycles. The van der Waals surface area contributed by atoms with Crippen molar-refractivity contribution in [3.8, 4) is 0 Å². The van der Waals surface area contributed by atoms with E-state index in [1.165, 1.54) is 0 Å². The second-order valence-corrected chi connectivity index (χ2v) is 5.01. The summed E-state index contributed by atoms with van der Waals surface area (Å²) in [4.78, 5) is 15.9. The van der Waals surface area contributed by atoms with Crippen LogP contribution >= 0.6 is 0 Å². The number of aliphatic carboxylic acids is 1. The molecule has 1 aromatic carbocycles. The summed E-state index contributed by atoms with van der Waals surface area (Å²) in [5.74, 6) is -0.113. The van der Waals surface area contributed by atoms with Crippen LogP contribution in [-0.2, 0) is 10.2 Å². The molecule has 0 amide bonds. The number of nitrogens with zero attached hydrogens (tertiary/aromatic N) is 1. The fourth-order valence-electron chi connectivity index (χ4n) is 2.94. The van der Waals surface area contributed by atoms with E-state index >= 15 is 0 Å². The molecule has 4 nitrogen and oxygen atoms in total. The number of rotatable bonds is 2. The number of oxazole rings is 1. The van der Waals surface area contributed by atoms with Crippen molar-refractivity contribution in [2.24, 2.45) is 0 Å². The number of aryl methyl sites for hydroxylation is 1. The van der Waals surface area contributed by atoms with Gasteiger partial charge in [-0.3, -0.25) is 4.79 Å². The lowest BCUT2D eigenvalue weighted by atomic mass is 9.79. The van der Waals surface area contributed by atoms with Crippen LogP contribution in [0.3, 0.4) is 0 Å². The van der Waals surface area contributed by atoms with Crippen LogP contribution in [0.15, 0.2) is 22.6 Å². The topological polar surface area (TPSA) is 63.3 Å². The Bertz CT molecular complexity index is 609. The van der Waals surface area contributed by atoms with Crippen molar-refractivity contribution in [1.82, 2.24) is 4.98 Å². The van der Waals surface area contributed by atoms with Gasteiger partial charge in [0.05, 0.1) is 5.41 Å². The van der Waals surface area contributed by atoms with Crippen molar-refractivity contribution in [3.05, 3.63) is 29.7 Å². The van der Waals surface area contributed by atoms with E-state index in [2.05, 4.69) is 4.98 Å². The zero-order chi connectivity index (χ0) is 12.8. The third-order valence-electron chi connectivity index (χ3n) is 3.91. The minimum atomic E-state index is -0.723. The first-order chi connectivity index (χ1) is 8.62. The van der Waals surface area contributed by atoms with E-state index in [-0.39, 0.29) is 0 Å². The van der Waals surface area contributed by atoms with Gasteiger partial charge >= 0.3 is 5.97 Å². The van der Waals surface area contributed by atoms with E-state index in [1.54, 1.807) is 6.92 Å². The van der Waals surface area contributed by atoms with Crippen LogP contribution in [0, 0.1) is 6.92 Å². The summed E-state index contributed by atoms with van der Waals surface area (Å²) >= 11 is 0. The van der Waals surface area contributed by atoms with Gasteiger partial charge in [0.25, 0.3) is 0 Å². The smallest absolute Gasteiger partial charge is 0.314 e. The lowest BCUT2D eigenvalue weighted by molar-refractivity contribution is -0.143. The van der Waals surface area contributed by atoms with E-state index in [9.17, 15) is 9.90 Å². The van der Waals surface area contributed by atoms with Crippen LogP contribution in [0.2, 0.25) is 0 Å². The van der Waals surface area contributed by atoms with Gasteiger partial charge in [0.2, 0.25) is 0 Å². The van der Waals surface area contributed by atoms with Crippen molar-refractivity contribution >= 4 is 17.1 Å². The van der Waals surface area contributed by atoms with Crippen LogP contribution in [0.1, 0.15) is 37.1 Å². The van der Waals surface area contributed by atoms with E-state index in [0.717, 1.165) is 29.5 Å². The Kier molecular flexibility index (Phi) is 2.40. The number of hydrogen-bond acceptors (Lipinski definition) is 3. The number of aromatic nitrogens is 1. The highest BCUT2D eigenvalue weighted by Crippen LogP contribution is 2.42. The summed E-state index contributed by atoms with van der Waals surface area (Å²) < 4.78 is 5.42. The molecule has 1 aromatic heterocycles. The van der Waals surface area contributed by atoms with Gasteiger partial charge < -0.3 is 9.52 Å². The van der Waals surface area contributed by atoms with Crippen molar-refractivity contribution in [2.45, 2.75) is 38.0 Å². The van der Waals surface area contributed by atoms with Gasteiger partial charge in [0.15, 0.2) is 11.5 Å². The molecule has 1 saturated carbocycles. The number of fused-ring (bicyclic) bond motifs is 1. The highest BCUT2D eigenvalue weighted by Gasteiger charge is 2.43. The molecule has 1 heterocycles. The first-order valence-electron chi connectivity index (χ1n) is 6.23. The maximum atomic E-state index is 11.6. The Labute approximate surface area is 105 Å². The Morgan fingerprint density at radius 1 is 1.39 bits per heavy atom. The average molecular weight is 245 g/mol. The molecular weight excluding hydrogens is 230 g/mol. The summed E-state index contributed by atoms with van der Waals surface area (Å²) in [6.45, 7) is 1.79. The van der Waals surface area contributed by atoms with Crippen molar-refractivity contribution in [2.75, 3.05) is 0 Å². The first kappa shape index (κ1) is 11.3. The molecule has 4 heteroatoms. The molecule has 1 N–H and O–H groups in total. The summed E-state index contributed by atoms with van der Waals surface area (Å²) in [5.41, 5.74) is 1.60. The number of carbonyl (C=O) groups is 1. The van der Waals surface area contributed by atoms with E-state index < -0.39 is 11.4 Å². The zero-order valence-corrected chi connectivity index (χ0v) is 10.3. The van der Waals surface area contributed by atoms with Gasteiger partial charge in [-0.1, -0.05) is 18.9 Å². The van der Waals surface area contributed by atoms with Crippen LogP contribution in [0.4, 0.5) is 0 Å². The summed E-state index contributed by atoms with van der Waals surface area (Å²) in [6, 6.07) is 5.56. The lowest BCUT2D eigenvalue weighted by Crippen LogP contribution is -2.32. The third-order valence-corrected chi connectivity index (χ3v) is 3.91. The Balaban J connectivity index is 2.14. The molecular formula is C14H15NO3. The van der Waals surface area contributed by atoms with Crippen LogP contribution in [0.5, 0.6) is 0 Å². The van der Waals surface area contributed by atoms with Gasteiger partial charge in [-0.15, -0.1) is 0 Å². The molecule has 1 fully saturated rings. The van der Waals surface area contributed by atoms with E-state index in [0.29, 0.717) is 18.7 Å². The standard InChI is InChI=1S/C14H15NO3/c1-9-15-11-8-10(4-5-12(11)18-9)14(13(16)17)6-2-3-7-14/h4-5,8H,2-3,6-7H2,1H3,(H,16,17). The zero-order valence-electron chi connectivity index (χ0n) is 10.3. The molecule has 0 atom stereocenters. The third kappa shape index (κ3) is 1.52. The normalized spacial score (nSPS) is 18.3. The van der Waals surface area contributed by atoms with Gasteiger partial charge in [-0.2, -0.15) is 0 Å². The summed E-state index contributed by atoms with van der Waals surface area (Å²) in [6.07, 6.45) is 3.37. The van der Waals surface area contributed by atoms with Crippen molar-refractivity contribution < 1.29 is 14.3 Å². The van der Waals surface area contributed by atoms with E-state index in [1.807, 2.05) is 18.2 Å². The Morgan fingerprint density at radius 2 is 2.11 bits per heavy atom. The number of carboxylic acids is 1. The highest BCUT2D eigenvalue weighted by molar-refractivity contribution is 5.84. The predicted molar refractivity (Wildman–Crippen MR) is 66.5 cm³/mol. The maximum Gasteiger partial charge on any atom is 0.314 e. The second kappa shape index (κ2) is 3.83. The molecule has 2 aromatic rings. The SMILES string of the molecule is Cc1nc2cc(C3(C(=O)O)CCCC3)ccc2o1. The molecule has 18 heavy (non-hydrogen) atoms. The molecule has 0 bridgehead atoms. The minimum Gasteiger partial charge on any atom is -0.481 e. The number of carboxylic acid groups (broad SMARTS) is 1. The van der Waals surface area contributed by atoms with E-state index in [4.69, 9.17) is 4.42 Å². The quantitative estimate of drug-likeness (QED) is 0.883. The average Bonchev–Trinajstić information content (AvgIpc) is 2.92. The molecule has 0 unspecified atom stereocenters. The Morgan fingerprint density at radius 3 is 2.78 bits per heavy atom. The number of hydrogen-bond donors (Lipinski definition) is 1. The van der Waals surface area contributed by atoms with Crippen molar-refractivity contribution in [3.63, 3.8) is 0 Å². The maximum absolute atomic E-state index is 11.6. The van der Waals surface area contributed by atoms with Gasteiger partial charge in [0.1, 0.15) is 5.52 Å². The molecule has 0 spiro atoms.